The monoisotopic (exact) mass is 674 g/mol. The van der Waals surface area contributed by atoms with E-state index in [0.29, 0.717) is 18.3 Å². The summed E-state index contributed by atoms with van der Waals surface area (Å²) in [4.78, 5) is 12.8. The first-order valence-electron chi connectivity index (χ1n) is 18.4. The predicted octanol–water partition coefficient (Wildman–Crippen LogP) is 2.80. The molecule has 13 unspecified atom stereocenters. The lowest BCUT2D eigenvalue weighted by atomic mass is 9.48. The fraction of sp³-hybridized carbons (Fsp3) is 0.919. The van der Waals surface area contributed by atoms with Crippen LogP contribution in [0.15, 0.2) is 11.6 Å². The molecule has 0 aromatic carbocycles. The van der Waals surface area contributed by atoms with Crippen molar-refractivity contribution >= 4 is 5.97 Å². The van der Waals surface area contributed by atoms with Gasteiger partial charge in [0.25, 0.3) is 0 Å². The van der Waals surface area contributed by atoms with E-state index in [1.807, 2.05) is 6.92 Å². The van der Waals surface area contributed by atoms with Crippen molar-refractivity contribution in [3.05, 3.63) is 11.6 Å². The number of carbonyl (C=O) groups is 1. The average molecular weight is 675 g/mol. The van der Waals surface area contributed by atoms with Crippen molar-refractivity contribution in [1.29, 1.82) is 0 Å². The van der Waals surface area contributed by atoms with Gasteiger partial charge in [-0.25, -0.2) is 0 Å². The van der Waals surface area contributed by atoms with Crippen molar-refractivity contribution in [2.45, 2.75) is 154 Å². The maximum Gasteiger partial charge on any atom is 0.302 e. The summed E-state index contributed by atoms with van der Waals surface area (Å²) in [7, 11) is 0. The Morgan fingerprint density at radius 1 is 0.979 bits per heavy atom. The summed E-state index contributed by atoms with van der Waals surface area (Å²) in [6.07, 6.45) is 0.723. The Morgan fingerprint density at radius 3 is 2.40 bits per heavy atom. The second kappa shape index (κ2) is 9.83. The highest BCUT2D eigenvalue weighted by molar-refractivity contribution is 5.66. The quantitative estimate of drug-likeness (QED) is 0.198. The zero-order valence-electron chi connectivity index (χ0n) is 29.3. The number of fused-ring (bicyclic) bond motifs is 6. The maximum absolute atomic E-state index is 12.8. The zero-order chi connectivity index (χ0) is 34.1. The van der Waals surface area contributed by atoms with E-state index >= 15 is 0 Å². The van der Waals surface area contributed by atoms with Gasteiger partial charge in [-0.1, -0.05) is 46.3 Å². The van der Waals surface area contributed by atoms with Gasteiger partial charge in [0.1, 0.15) is 36.1 Å². The van der Waals surface area contributed by atoms with Crippen LogP contribution in [0, 0.1) is 51.2 Å². The second-order valence-electron chi connectivity index (χ2n) is 18.2. The maximum atomic E-state index is 12.8. The molecule has 8 fully saturated rings. The van der Waals surface area contributed by atoms with Gasteiger partial charge in [0.2, 0.25) is 5.79 Å². The molecule has 48 heavy (non-hydrogen) atoms. The van der Waals surface area contributed by atoms with Crippen LogP contribution < -0.4 is 0 Å². The Bertz CT molecular complexity index is 1430. The van der Waals surface area contributed by atoms with E-state index in [0.717, 1.165) is 32.1 Å². The van der Waals surface area contributed by atoms with Crippen LogP contribution in [0.25, 0.3) is 0 Å². The average Bonchev–Trinajstić information content (AvgIpc) is 3.77. The number of hydrogen-bond acceptors (Lipinski definition) is 11. The SMILES string of the molecule is CC(=O)O[C@@H]1C[C@]23C(=CCC4C(C)(C)[C@@H](OC5OCC(O)C(O)C5O)CCC42[C@H]3C)C2CC3OC4(C[C@@H](C)C3[C@]21C)OC(O)C1(C)OC41. The summed E-state index contributed by atoms with van der Waals surface area (Å²) in [5, 5.41) is 41.7. The first-order valence-corrected chi connectivity index (χ1v) is 18.4. The Hall–Kier alpha value is -1.15. The Balaban J connectivity index is 1.05. The summed E-state index contributed by atoms with van der Waals surface area (Å²) in [5.41, 5.74) is 0.133. The molecule has 9 rings (SSSR count). The van der Waals surface area contributed by atoms with Gasteiger partial charge in [-0.15, -0.1) is 0 Å². The molecule has 3 spiro atoms. The third-order valence-electron chi connectivity index (χ3n) is 16.1. The topological polar surface area (TPSA) is 157 Å². The summed E-state index contributed by atoms with van der Waals surface area (Å²) < 4.78 is 37.7. The number of epoxide rings is 1. The Kier molecular flexibility index (Phi) is 6.71. The lowest BCUT2D eigenvalue weighted by Crippen LogP contribution is -2.59. The largest absolute Gasteiger partial charge is 0.462 e. The highest BCUT2D eigenvalue weighted by atomic mass is 16.8. The highest BCUT2D eigenvalue weighted by Crippen LogP contribution is 2.89. The van der Waals surface area contributed by atoms with Gasteiger partial charge < -0.3 is 48.8 Å². The zero-order valence-corrected chi connectivity index (χ0v) is 29.3. The number of aliphatic hydroxyl groups is 4. The summed E-state index contributed by atoms with van der Waals surface area (Å²) in [6.45, 7) is 14.9. The molecular weight excluding hydrogens is 620 g/mol. The molecule has 0 bridgehead atoms. The first kappa shape index (κ1) is 32.7. The molecule has 4 heterocycles. The fourth-order valence-electron chi connectivity index (χ4n) is 14.0. The molecule has 0 amide bonds. The Labute approximate surface area is 282 Å². The minimum atomic E-state index is -1.32. The predicted molar refractivity (Wildman–Crippen MR) is 167 cm³/mol. The molecule has 4 N–H and O–H groups in total. The summed E-state index contributed by atoms with van der Waals surface area (Å²) >= 11 is 0. The minimum Gasteiger partial charge on any atom is -0.462 e. The molecule has 4 saturated heterocycles. The van der Waals surface area contributed by atoms with Crippen molar-refractivity contribution in [1.82, 2.24) is 0 Å². The smallest absolute Gasteiger partial charge is 0.302 e. The van der Waals surface area contributed by atoms with Crippen molar-refractivity contribution in [3.8, 4) is 0 Å². The van der Waals surface area contributed by atoms with E-state index < -0.39 is 42.3 Å². The number of carbonyl (C=O) groups excluding carboxylic acids is 1. The molecule has 9 aliphatic rings. The van der Waals surface area contributed by atoms with Crippen LogP contribution in [0.4, 0.5) is 0 Å². The second-order valence-corrected chi connectivity index (χ2v) is 18.2. The lowest BCUT2D eigenvalue weighted by Gasteiger charge is -2.59. The molecule has 11 nitrogen and oxygen atoms in total. The molecule has 11 heteroatoms. The van der Waals surface area contributed by atoms with E-state index in [1.54, 1.807) is 0 Å². The fourth-order valence-corrected chi connectivity index (χ4v) is 14.0. The number of aliphatic hydroxyl groups excluding tert-OH is 4. The van der Waals surface area contributed by atoms with Crippen LogP contribution >= 0.6 is 0 Å². The molecule has 268 valence electrons. The summed E-state index contributed by atoms with van der Waals surface area (Å²) in [5.74, 6) is 0.0152. The van der Waals surface area contributed by atoms with Gasteiger partial charge in [-0.2, -0.15) is 0 Å². The third-order valence-corrected chi connectivity index (χ3v) is 16.1. The number of allylic oxidation sites excluding steroid dienone is 2. The van der Waals surface area contributed by atoms with E-state index in [4.69, 9.17) is 28.4 Å². The molecule has 19 atom stereocenters. The number of esters is 1. The van der Waals surface area contributed by atoms with Crippen LogP contribution in [-0.2, 0) is 33.2 Å². The number of rotatable bonds is 3. The van der Waals surface area contributed by atoms with Gasteiger partial charge in [-0.05, 0) is 79.4 Å². The van der Waals surface area contributed by atoms with Gasteiger partial charge >= 0.3 is 5.97 Å². The molecular formula is C37H54O11. The first-order chi connectivity index (χ1) is 22.5. The van der Waals surface area contributed by atoms with Crippen LogP contribution in [0.1, 0.15) is 87.0 Å². The van der Waals surface area contributed by atoms with Crippen molar-refractivity contribution < 1.29 is 53.6 Å². The number of ether oxygens (including phenoxy) is 6. The van der Waals surface area contributed by atoms with Gasteiger partial charge in [0.05, 0.1) is 18.8 Å². The summed E-state index contributed by atoms with van der Waals surface area (Å²) in [6, 6.07) is 0. The molecule has 0 aromatic rings. The van der Waals surface area contributed by atoms with Crippen LogP contribution in [0.2, 0.25) is 0 Å². The Morgan fingerprint density at radius 2 is 1.73 bits per heavy atom. The van der Waals surface area contributed by atoms with E-state index in [-0.39, 0.29) is 76.4 Å². The van der Waals surface area contributed by atoms with E-state index in [2.05, 4.69) is 40.7 Å². The van der Waals surface area contributed by atoms with E-state index in [9.17, 15) is 25.2 Å². The van der Waals surface area contributed by atoms with Gasteiger partial charge in [0.15, 0.2) is 12.6 Å². The standard InChI is InChI=1S/C37H54O11/c1-16-13-37(30-34(7,47-30)31(42)48-37)46-22-12-20-19-8-9-23-32(4,5)24(45-29-28(41)27(40)21(39)15-43-29)10-11-35(23)17(2)36(19,35)14-25(44-18(3)38)33(20,6)26(16)22/h8,16-17,20-31,39-42H,9-15H2,1-7H3/t16-,17-,20?,21?,22?,23?,24+,25-,26?,27?,28?,29?,30?,31?,33-,34?,35?,36+,37?/m1/s1. The minimum absolute atomic E-state index is 0.0196. The lowest BCUT2D eigenvalue weighted by molar-refractivity contribution is -0.345. The van der Waals surface area contributed by atoms with Gasteiger partial charge in [0, 0.05) is 24.2 Å². The third kappa shape index (κ3) is 3.69. The van der Waals surface area contributed by atoms with Crippen LogP contribution in [0.5, 0.6) is 0 Å². The molecule has 5 aliphatic carbocycles. The molecule has 4 aliphatic heterocycles. The molecule has 0 aromatic heterocycles. The van der Waals surface area contributed by atoms with Crippen LogP contribution in [-0.4, -0.2) is 99.7 Å². The van der Waals surface area contributed by atoms with E-state index in [1.165, 1.54) is 12.5 Å². The number of hydrogen-bond donors (Lipinski definition) is 4. The highest BCUT2D eigenvalue weighted by Gasteiger charge is 2.86. The molecule has 4 saturated carbocycles. The normalized spacial score (nSPS) is 61.6. The van der Waals surface area contributed by atoms with Crippen molar-refractivity contribution in [2.75, 3.05) is 6.61 Å². The van der Waals surface area contributed by atoms with Crippen LogP contribution in [0.3, 0.4) is 0 Å². The van der Waals surface area contributed by atoms with Crippen molar-refractivity contribution in [3.63, 3.8) is 0 Å². The van der Waals surface area contributed by atoms with Crippen molar-refractivity contribution in [2.24, 2.45) is 51.2 Å². The molecule has 0 radical (unpaired) electrons. The van der Waals surface area contributed by atoms with Gasteiger partial charge in [-0.3, -0.25) is 4.79 Å².